The lowest BCUT2D eigenvalue weighted by atomic mass is 10.0. The second kappa shape index (κ2) is 13.5. The Bertz CT molecular complexity index is 1740. The van der Waals surface area contributed by atoms with Crippen LogP contribution in [0, 0.1) is 6.92 Å². The topological polar surface area (TPSA) is 146 Å². The highest BCUT2D eigenvalue weighted by Crippen LogP contribution is 2.32. The number of carbonyl (C=O) groups excluding carboxylic acids is 1. The summed E-state index contributed by atoms with van der Waals surface area (Å²) < 4.78 is 32.9. The smallest absolute Gasteiger partial charge is 0.413 e. The first-order chi connectivity index (χ1) is 21.0. The molecule has 1 saturated heterocycles. The third-order valence-corrected chi connectivity index (χ3v) is 10.8. The van der Waals surface area contributed by atoms with Gasteiger partial charge < -0.3 is 15.0 Å². The number of aryl methyl sites for hydroxylation is 1. The molecule has 2 N–H and O–H groups in total. The number of sulfonamides is 1. The number of rotatable bonds is 10. The van der Waals surface area contributed by atoms with E-state index in [9.17, 15) is 13.2 Å². The molecule has 4 aromatic rings. The Morgan fingerprint density at radius 3 is 2.66 bits per heavy atom. The van der Waals surface area contributed by atoms with E-state index in [1.165, 1.54) is 11.4 Å². The average molecular weight is 640 g/mol. The van der Waals surface area contributed by atoms with Crippen molar-refractivity contribution in [2.75, 3.05) is 64.6 Å². The maximum Gasteiger partial charge on any atom is 0.413 e. The SMILES string of the molecule is COC(=O)Nc1nc(C)c(S(=O)(=O)N2CCN(C[C@H](C)Nc3ncnc4c(-c5cncc(CN(C)C)c5)cccc34)CC2)s1. The fraction of sp³-hybridized carbons (Fsp3) is 0.414. The van der Waals surface area contributed by atoms with Crippen molar-refractivity contribution in [1.29, 1.82) is 0 Å². The molecule has 1 aliphatic rings. The Kier molecular flexibility index (Phi) is 9.70. The van der Waals surface area contributed by atoms with Gasteiger partial charge in [0.1, 0.15) is 12.1 Å². The lowest BCUT2D eigenvalue weighted by Gasteiger charge is -2.35. The number of hydrogen-bond acceptors (Lipinski definition) is 12. The van der Waals surface area contributed by atoms with E-state index >= 15 is 0 Å². The molecule has 44 heavy (non-hydrogen) atoms. The van der Waals surface area contributed by atoms with Crippen LogP contribution in [0.15, 0.2) is 47.2 Å². The Labute approximate surface area is 261 Å². The van der Waals surface area contributed by atoms with Crippen LogP contribution in [-0.4, -0.2) is 109 Å². The molecule has 4 heterocycles. The number of fused-ring (bicyclic) bond motifs is 1. The third kappa shape index (κ3) is 7.13. The van der Waals surface area contributed by atoms with Crippen molar-refractivity contribution in [2.24, 2.45) is 0 Å². The number of carbonyl (C=O) groups is 1. The normalized spacial score (nSPS) is 15.4. The first-order valence-corrected chi connectivity index (χ1v) is 16.4. The second-order valence-corrected chi connectivity index (χ2v) is 14.1. The van der Waals surface area contributed by atoms with Crippen molar-refractivity contribution in [1.82, 2.24) is 34.0 Å². The van der Waals surface area contributed by atoms with E-state index in [-0.39, 0.29) is 15.4 Å². The fourth-order valence-electron chi connectivity index (χ4n) is 5.27. The summed E-state index contributed by atoms with van der Waals surface area (Å²) in [5.74, 6) is 0.750. The Balaban J connectivity index is 1.23. The minimum atomic E-state index is -3.74. The van der Waals surface area contributed by atoms with Gasteiger partial charge in [-0.1, -0.05) is 23.5 Å². The van der Waals surface area contributed by atoms with Crippen LogP contribution in [0.1, 0.15) is 18.2 Å². The molecule has 1 aliphatic heterocycles. The van der Waals surface area contributed by atoms with Gasteiger partial charge in [0.15, 0.2) is 9.34 Å². The number of ether oxygens (including phenoxy) is 1. The molecule has 0 spiro atoms. The van der Waals surface area contributed by atoms with Crippen LogP contribution < -0.4 is 10.6 Å². The number of thiazole rings is 1. The number of methoxy groups -OCH3 is 1. The molecule has 0 bridgehead atoms. The summed E-state index contributed by atoms with van der Waals surface area (Å²) in [5.41, 5.74) is 4.32. The first kappa shape index (κ1) is 31.7. The number of nitrogens with zero attached hydrogens (tertiary/aromatic N) is 7. The van der Waals surface area contributed by atoms with Crippen molar-refractivity contribution in [3.8, 4) is 11.1 Å². The van der Waals surface area contributed by atoms with Crippen molar-refractivity contribution in [3.63, 3.8) is 0 Å². The van der Waals surface area contributed by atoms with Gasteiger partial charge in [0, 0.05) is 74.2 Å². The van der Waals surface area contributed by atoms with Crippen molar-refractivity contribution < 1.29 is 17.9 Å². The Hall–Kier alpha value is -3.76. The minimum Gasteiger partial charge on any atom is -0.453 e. The van der Waals surface area contributed by atoms with E-state index in [2.05, 4.69) is 64.2 Å². The van der Waals surface area contributed by atoms with E-state index in [1.54, 1.807) is 13.3 Å². The monoisotopic (exact) mass is 639 g/mol. The zero-order valence-corrected chi connectivity index (χ0v) is 27.1. The molecule has 0 saturated carbocycles. The Morgan fingerprint density at radius 2 is 1.93 bits per heavy atom. The summed E-state index contributed by atoms with van der Waals surface area (Å²) in [6, 6.07) is 8.27. The number of aromatic nitrogens is 4. The van der Waals surface area contributed by atoms with Crippen LogP contribution in [0.5, 0.6) is 0 Å². The van der Waals surface area contributed by atoms with Crippen LogP contribution >= 0.6 is 11.3 Å². The quantitative estimate of drug-likeness (QED) is 0.263. The van der Waals surface area contributed by atoms with Gasteiger partial charge in [-0.2, -0.15) is 4.31 Å². The van der Waals surface area contributed by atoms with Crippen molar-refractivity contribution in [3.05, 3.63) is 54.2 Å². The molecular formula is C29H37N9O4S2. The molecule has 5 rings (SSSR count). The number of pyridine rings is 1. The highest BCUT2D eigenvalue weighted by atomic mass is 32.2. The van der Waals surface area contributed by atoms with Gasteiger partial charge in [-0.25, -0.2) is 28.2 Å². The van der Waals surface area contributed by atoms with Gasteiger partial charge in [0.05, 0.1) is 18.3 Å². The van der Waals surface area contributed by atoms with Gasteiger partial charge in [0.25, 0.3) is 10.0 Å². The standard InChI is InChI=1S/C29H37N9O4S2/c1-19(16-37-9-11-38(12-10-37)44(40,41)27-20(2)34-28(43-27)35-29(39)42-5)33-26-24-8-6-7-23(25(24)31-18-32-26)22-13-21(14-30-15-22)17-36(3)4/h6-8,13-15,18-19H,9-12,16-17H2,1-5H3,(H,31,32,33)(H,34,35,39)/t19-/m0/s1. The predicted molar refractivity (Wildman–Crippen MR) is 171 cm³/mol. The van der Waals surface area contributed by atoms with Gasteiger partial charge >= 0.3 is 6.09 Å². The van der Waals surface area contributed by atoms with E-state index in [0.717, 1.165) is 51.3 Å². The number of para-hydroxylation sites is 1. The molecule has 0 aliphatic carbocycles. The van der Waals surface area contributed by atoms with E-state index in [0.29, 0.717) is 38.4 Å². The van der Waals surface area contributed by atoms with E-state index in [4.69, 9.17) is 0 Å². The molecule has 234 valence electrons. The highest BCUT2D eigenvalue weighted by Gasteiger charge is 2.32. The zero-order chi connectivity index (χ0) is 31.4. The minimum absolute atomic E-state index is 0.0423. The third-order valence-electron chi connectivity index (χ3n) is 7.24. The first-order valence-electron chi connectivity index (χ1n) is 14.2. The highest BCUT2D eigenvalue weighted by molar-refractivity contribution is 7.91. The maximum atomic E-state index is 13.4. The van der Waals surface area contributed by atoms with Gasteiger partial charge in [0.2, 0.25) is 0 Å². The number of nitrogens with one attached hydrogen (secondary N) is 2. The summed E-state index contributed by atoms with van der Waals surface area (Å²) in [6.07, 6.45) is 4.63. The summed E-state index contributed by atoms with van der Waals surface area (Å²) >= 11 is 0.926. The predicted octanol–water partition coefficient (Wildman–Crippen LogP) is 3.50. The second-order valence-electron chi connectivity index (χ2n) is 11.0. The van der Waals surface area contributed by atoms with Gasteiger partial charge in [-0.15, -0.1) is 0 Å². The van der Waals surface area contributed by atoms with Crippen molar-refractivity contribution in [2.45, 2.75) is 30.6 Å². The van der Waals surface area contributed by atoms with E-state index < -0.39 is 16.1 Å². The van der Waals surface area contributed by atoms with Gasteiger partial charge in [-0.05, 0) is 45.6 Å². The number of amides is 1. The molecule has 3 aromatic heterocycles. The van der Waals surface area contributed by atoms with Crippen molar-refractivity contribution >= 4 is 49.3 Å². The zero-order valence-electron chi connectivity index (χ0n) is 25.4. The largest absolute Gasteiger partial charge is 0.453 e. The Morgan fingerprint density at radius 1 is 1.16 bits per heavy atom. The number of hydrogen-bond donors (Lipinski definition) is 2. The van der Waals surface area contributed by atoms with Gasteiger partial charge in [-0.3, -0.25) is 15.2 Å². The summed E-state index contributed by atoms with van der Waals surface area (Å²) in [7, 11) is 1.56. The summed E-state index contributed by atoms with van der Waals surface area (Å²) in [6.45, 7) is 7.09. The fourth-order valence-corrected chi connectivity index (χ4v) is 8.23. The van der Waals surface area contributed by atoms with Crippen LogP contribution in [0.25, 0.3) is 22.0 Å². The molecule has 1 amide bonds. The molecular weight excluding hydrogens is 603 g/mol. The molecule has 15 heteroatoms. The maximum absolute atomic E-state index is 13.4. The van der Waals surface area contributed by atoms with E-state index in [1.807, 2.05) is 38.6 Å². The lowest BCUT2D eigenvalue weighted by molar-refractivity contribution is 0.184. The molecule has 1 fully saturated rings. The van der Waals surface area contributed by atoms with Crippen LogP contribution in [-0.2, 0) is 21.3 Å². The van der Waals surface area contributed by atoms with Crippen LogP contribution in [0.4, 0.5) is 15.7 Å². The van der Waals surface area contributed by atoms with Crippen LogP contribution in [0.2, 0.25) is 0 Å². The lowest BCUT2D eigenvalue weighted by Crippen LogP contribution is -2.50. The molecule has 1 atom stereocenters. The van der Waals surface area contributed by atoms with Crippen LogP contribution in [0.3, 0.4) is 0 Å². The summed E-state index contributed by atoms with van der Waals surface area (Å²) in [4.78, 5) is 33.7. The summed E-state index contributed by atoms with van der Waals surface area (Å²) in [5, 5.41) is 7.10. The molecule has 13 nitrogen and oxygen atoms in total. The number of anilines is 2. The average Bonchev–Trinajstić information content (AvgIpc) is 3.37. The molecule has 1 aromatic carbocycles. The molecule has 0 unspecified atom stereocenters. The number of piperazine rings is 1. The molecule has 0 radical (unpaired) electrons. The number of benzene rings is 1.